The van der Waals surface area contributed by atoms with Crippen molar-refractivity contribution < 1.29 is 9.59 Å². The second-order valence-corrected chi connectivity index (χ2v) is 7.82. The first-order valence-corrected chi connectivity index (χ1v) is 9.47. The van der Waals surface area contributed by atoms with Gasteiger partial charge in [0.05, 0.1) is 0 Å². The lowest BCUT2D eigenvalue weighted by atomic mass is 9.92. The Hall–Kier alpha value is -2.94. The van der Waals surface area contributed by atoms with Gasteiger partial charge in [0, 0.05) is 36.7 Å². The van der Waals surface area contributed by atoms with Crippen LogP contribution in [0.4, 0.5) is 11.6 Å². The lowest BCUT2D eigenvalue weighted by molar-refractivity contribution is -0.122. The van der Waals surface area contributed by atoms with E-state index >= 15 is 0 Å². The van der Waals surface area contributed by atoms with Crippen molar-refractivity contribution in [3.63, 3.8) is 0 Å². The third kappa shape index (κ3) is 3.22. The van der Waals surface area contributed by atoms with Crippen molar-refractivity contribution in [1.29, 1.82) is 0 Å². The van der Waals surface area contributed by atoms with Gasteiger partial charge in [0.1, 0.15) is 29.3 Å². The van der Waals surface area contributed by atoms with Crippen molar-refractivity contribution in [2.45, 2.75) is 57.3 Å². The number of anilines is 2. The van der Waals surface area contributed by atoms with Crippen molar-refractivity contribution in [2.75, 3.05) is 11.1 Å². The Labute approximate surface area is 163 Å². The molecule has 4 rings (SSSR count). The minimum Gasteiger partial charge on any atom is -0.384 e. The molecule has 1 aromatic rings. The fraction of sp³-hybridized carbons (Fsp3) is 0.474. The molecule has 5 N–H and O–H groups in total. The first-order chi connectivity index (χ1) is 13.4. The summed E-state index contributed by atoms with van der Waals surface area (Å²) < 4.78 is 0. The molecule has 148 valence electrons. The van der Waals surface area contributed by atoms with Crippen molar-refractivity contribution in [2.24, 2.45) is 0 Å². The van der Waals surface area contributed by atoms with Crippen molar-refractivity contribution in [3.8, 4) is 0 Å². The third-order valence-electron chi connectivity index (χ3n) is 5.69. The van der Waals surface area contributed by atoms with Crippen LogP contribution in [-0.2, 0) is 9.59 Å². The zero-order valence-electron chi connectivity index (χ0n) is 16.0. The number of amides is 2. The summed E-state index contributed by atoms with van der Waals surface area (Å²) in [5.41, 5.74) is 6.93. The fourth-order valence-corrected chi connectivity index (χ4v) is 4.67. The van der Waals surface area contributed by atoms with Crippen LogP contribution in [0.3, 0.4) is 0 Å². The minimum absolute atomic E-state index is 0.207. The highest BCUT2D eigenvalue weighted by Gasteiger charge is 2.54. The maximum absolute atomic E-state index is 12.8. The largest absolute Gasteiger partial charge is 0.384 e. The summed E-state index contributed by atoms with van der Waals surface area (Å²) in [6.07, 6.45) is 7.61. The van der Waals surface area contributed by atoms with E-state index in [9.17, 15) is 9.59 Å². The standard InChI is InChI=1S/C19H25N7O2/c1-11(5-12(2)23-16-6-15(20)21-9-22-16)17-18(28)25-19(26(17)10-27)7-13-3-4-14(8-19)24-13/h5-6,9-10,13-14,24H,3-4,7-8H2,1-2H3,(H,25,28)(H3,20,21,22,23)/b12-5+,17-11-. The van der Waals surface area contributed by atoms with Gasteiger partial charge in [-0.15, -0.1) is 0 Å². The molecule has 0 aromatic carbocycles. The predicted molar refractivity (Wildman–Crippen MR) is 104 cm³/mol. The monoisotopic (exact) mass is 383 g/mol. The summed E-state index contributed by atoms with van der Waals surface area (Å²) in [7, 11) is 0. The van der Waals surface area contributed by atoms with E-state index in [1.165, 1.54) is 6.33 Å². The Morgan fingerprint density at radius 1 is 1.32 bits per heavy atom. The number of nitrogens with two attached hydrogens (primary N) is 1. The molecule has 2 amide bonds. The molecule has 3 aliphatic heterocycles. The first-order valence-electron chi connectivity index (χ1n) is 9.47. The number of hydrogen-bond acceptors (Lipinski definition) is 7. The third-order valence-corrected chi connectivity index (χ3v) is 5.69. The van der Waals surface area contributed by atoms with Crippen LogP contribution < -0.4 is 21.7 Å². The Bertz CT molecular complexity index is 867. The first kappa shape index (κ1) is 18.4. The van der Waals surface area contributed by atoms with E-state index in [1.54, 1.807) is 11.0 Å². The van der Waals surface area contributed by atoms with Gasteiger partial charge >= 0.3 is 0 Å². The number of nitrogen functional groups attached to an aromatic ring is 1. The topological polar surface area (TPSA) is 125 Å². The van der Waals surface area contributed by atoms with Crippen LogP contribution in [0.1, 0.15) is 39.5 Å². The average molecular weight is 383 g/mol. The maximum Gasteiger partial charge on any atom is 0.270 e. The number of nitrogens with zero attached hydrogens (tertiary/aromatic N) is 3. The van der Waals surface area contributed by atoms with Crippen LogP contribution in [-0.4, -0.2) is 44.9 Å². The van der Waals surface area contributed by atoms with Gasteiger partial charge in [-0.25, -0.2) is 9.97 Å². The molecule has 2 atom stereocenters. The number of carbonyl (C=O) groups excluding carboxylic acids is 2. The Morgan fingerprint density at radius 3 is 2.68 bits per heavy atom. The zero-order chi connectivity index (χ0) is 19.9. The van der Waals surface area contributed by atoms with E-state index < -0.39 is 5.66 Å². The van der Waals surface area contributed by atoms with Crippen LogP contribution in [0.2, 0.25) is 0 Å². The van der Waals surface area contributed by atoms with Crippen LogP contribution in [0, 0.1) is 0 Å². The molecular formula is C19H25N7O2. The van der Waals surface area contributed by atoms with Gasteiger partial charge in [-0.1, -0.05) is 0 Å². The second-order valence-electron chi connectivity index (χ2n) is 7.82. The highest BCUT2D eigenvalue weighted by Crippen LogP contribution is 2.41. The summed E-state index contributed by atoms with van der Waals surface area (Å²) in [6.45, 7) is 3.70. The van der Waals surface area contributed by atoms with Crippen LogP contribution >= 0.6 is 0 Å². The molecule has 9 nitrogen and oxygen atoms in total. The number of carbonyl (C=O) groups is 2. The highest BCUT2D eigenvalue weighted by molar-refractivity contribution is 5.99. The number of piperidine rings is 1. The Balaban J connectivity index is 1.61. The average Bonchev–Trinajstić information content (AvgIpc) is 3.10. The van der Waals surface area contributed by atoms with E-state index in [1.807, 2.05) is 19.9 Å². The maximum atomic E-state index is 12.8. The van der Waals surface area contributed by atoms with Crippen molar-refractivity contribution in [3.05, 3.63) is 35.4 Å². The van der Waals surface area contributed by atoms with Gasteiger partial charge in [0.2, 0.25) is 6.41 Å². The van der Waals surface area contributed by atoms with Gasteiger partial charge in [0.25, 0.3) is 5.91 Å². The lowest BCUT2D eigenvalue weighted by Crippen LogP contribution is -2.60. The normalized spacial score (nSPS) is 31.1. The van der Waals surface area contributed by atoms with Gasteiger partial charge in [-0.05, 0) is 38.3 Å². The molecule has 2 unspecified atom stereocenters. The molecule has 1 spiro atoms. The summed E-state index contributed by atoms with van der Waals surface area (Å²) in [5, 5.41) is 9.79. The minimum atomic E-state index is -0.622. The predicted octanol–water partition coefficient (Wildman–Crippen LogP) is 0.847. The van der Waals surface area contributed by atoms with E-state index in [0.717, 1.165) is 37.8 Å². The van der Waals surface area contributed by atoms with E-state index in [-0.39, 0.29) is 5.91 Å². The number of hydrogen-bond donors (Lipinski definition) is 4. The molecule has 28 heavy (non-hydrogen) atoms. The molecule has 1 aromatic heterocycles. The van der Waals surface area contributed by atoms with Gasteiger partial charge in [0.15, 0.2) is 0 Å². The van der Waals surface area contributed by atoms with Crippen LogP contribution in [0.25, 0.3) is 0 Å². The highest BCUT2D eigenvalue weighted by atomic mass is 16.2. The molecule has 3 fully saturated rings. The fourth-order valence-electron chi connectivity index (χ4n) is 4.67. The quantitative estimate of drug-likeness (QED) is 0.449. The summed E-state index contributed by atoms with van der Waals surface area (Å²) in [5.74, 6) is 0.722. The zero-order valence-corrected chi connectivity index (χ0v) is 16.0. The summed E-state index contributed by atoms with van der Waals surface area (Å²) >= 11 is 0. The molecule has 4 heterocycles. The SMILES string of the molecule is CC(/C=C(\C)Nc1cc(N)ncn1)=C1\C(=O)NC2(CC3CCC(C2)N3)N1C=O. The number of nitrogens with one attached hydrogen (secondary N) is 3. The second kappa shape index (κ2) is 6.90. The van der Waals surface area contributed by atoms with Gasteiger partial charge < -0.3 is 21.7 Å². The van der Waals surface area contributed by atoms with Gasteiger partial charge in [-0.3, -0.25) is 14.5 Å². The molecule has 2 bridgehead atoms. The molecule has 9 heteroatoms. The summed E-state index contributed by atoms with van der Waals surface area (Å²) in [6, 6.07) is 2.30. The molecule has 0 radical (unpaired) electrons. The van der Waals surface area contributed by atoms with Crippen molar-refractivity contribution in [1.82, 2.24) is 25.5 Å². The van der Waals surface area contributed by atoms with Crippen LogP contribution in [0.15, 0.2) is 35.4 Å². The van der Waals surface area contributed by atoms with Crippen molar-refractivity contribution >= 4 is 24.0 Å². The number of aromatic nitrogens is 2. The van der Waals surface area contributed by atoms with E-state index in [4.69, 9.17) is 5.73 Å². The molecular weight excluding hydrogens is 358 g/mol. The number of fused-ring (bicyclic) bond motifs is 2. The molecule has 0 aliphatic carbocycles. The van der Waals surface area contributed by atoms with E-state index in [2.05, 4.69) is 25.9 Å². The lowest BCUT2D eigenvalue weighted by Gasteiger charge is -2.42. The molecule has 3 saturated heterocycles. The van der Waals surface area contributed by atoms with Gasteiger partial charge in [-0.2, -0.15) is 0 Å². The Kier molecular flexibility index (Phi) is 4.54. The Morgan fingerprint density at radius 2 is 2.04 bits per heavy atom. The smallest absolute Gasteiger partial charge is 0.270 e. The molecule has 0 saturated carbocycles. The number of rotatable bonds is 4. The number of allylic oxidation sites excluding steroid dienone is 3. The molecule has 3 aliphatic rings. The summed E-state index contributed by atoms with van der Waals surface area (Å²) in [4.78, 5) is 34.4. The van der Waals surface area contributed by atoms with E-state index in [0.29, 0.717) is 35.0 Å². The van der Waals surface area contributed by atoms with Crippen LogP contribution in [0.5, 0.6) is 0 Å².